The van der Waals surface area contributed by atoms with E-state index in [4.69, 9.17) is 4.74 Å². The van der Waals surface area contributed by atoms with Gasteiger partial charge in [0.1, 0.15) is 11.6 Å². The van der Waals surface area contributed by atoms with E-state index in [1.54, 1.807) is 31.0 Å². The first-order chi connectivity index (χ1) is 11.3. The highest BCUT2D eigenvalue weighted by Crippen LogP contribution is 2.37. The molecule has 2 fully saturated rings. The number of anilines is 2. The van der Waals surface area contributed by atoms with Crippen molar-refractivity contribution < 1.29 is 4.74 Å². The van der Waals surface area contributed by atoms with E-state index in [-0.39, 0.29) is 5.60 Å². The predicted molar refractivity (Wildman–Crippen MR) is 86.2 cm³/mol. The molecule has 120 valence electrons. The van der Waals surface area contributed by atoms with E-state index >= 15 is 0 Å². The second-order valence-corrected chi connectivity index (χ2v) is 6.18. The van der Waals surface area contributed by atoms with E-state index in [9.17, 15) is 0 Å². The van der Waals surface area contributed by atoms with Crippen LogP contribution in [0.2, 0.25) is 0 Å². The molecule has 1 N–H and O–H groups in total. The summed E-state index contributed by atoms with van der Waals surface area (Å²) in [7, 11) is 0. The molecule has 2 aliphatic heterocycles. The molecule has 1 spiro atoms. The molecule has 0 amide bonds. The fraction of sp³-hybridized carbons (Fsp3) is 0.500. The number of aromatic nitrogens is 4. The van der Waals surface area contributed by atoms with Crippen LogP contribution in [0.3, 0.4) is 0 Å². The van der Waals surface area contributed by atoms with Gasteiger partial charge in [-0.2, -0.15) is 0 Å². The van der Waals surface area contributed by atoms with Crippen molar-refractivity contribution in [3.8, 4) is 0 Å². The Bertz CT molecular complexity index is 630. The van der Waals surface area contributed by atoms with Gasteiger partial charge in [-0.25, -0.2) is 9.97 Å². The van der Waals surface area contributed by atoms with Crippen molar-refractivity contribution in [3.05, 3.63) is 37.2 Å². The molecule has 0 saturated carbocycles. The highest BCUT2D eigenvalue weighted by Gasteiger charge is 2.43. The van der Waals surface area contributed by atoms with E-state index in [2.05, 4.69) is 30.2 Å². The molecule has 0 aromatic carbocycles. The van der Waals surface area contributed by atoms with Gasteiger partial charge in [0, 0.05) is 37.9 Å². The standard InChI is InChI=1S/C16H20N6O/c1-7-22(15-11-18-4-6-20-15)8-2-16(1)9-13(12-23-16)21-14-10-17-3-5-19-14/h3-6,10-11,13H,1-2,7-9,12H2,(H,19,21). The van der Waals surface area contributed by atoms with Crippen LogP contribution in [0, 0.1) is 0 Å². The summed E-state index contributed by atoms with van der Waals surface area (Å²) in [6.45, 7) is 2.63. The van der Waals surface area contributed by atoms with E-state index < -0.39 is 0 Å². The molecule has 0 bridgehead atoms. The van der Waals surface area contributed by atoms with Crippen LogP contribution in [0.4, 0.5) is 11.6 Å². The van der Waals surface area contributed by atoms with Gasteiger partial charge in [-0.15, -0.1) is 0 Å². The zero-order chi connectivity index (χ0) is 15.5. The zero-order valence-corrected chi connectivity index (χ0v) is 12.9. The van der Waals surface area contributed by atoms with E-state index in [1.807, 2.05) is 6.20 Å². The molecule has 23 heavy (non-hydrogen) atoms. The summed E-state index contributed by atoms with van der Waals surface area (Å²) in [5.74, 6) is 1.77. The maximum absolute atomic E-state index is 6.18. The molecule has 2 aliphatic rings. The summed E-state index contributed by atoms with van der Waals surface area (Å²) < 4.78 is 6.18. The third-order valence-corrected chi connectivity index (χ3v) is 4.67. The SMILES string of the molecule is c1cnc(NC2COC3(CCN(c4cnccn4)CC3)C2)cn1. The minimum absolute atomic E-state index is 0.0153. The lowest BCUT2D eigenvalue weighted by molar-refractivity contribution is -0.0148. The average Bonchev–Trinajstić information content (AvgIpc) is 2.99. The molecule has 0 radical (unpaired) electrons. The molecule has 1 unspecified atom stereocenters. The number of nitrogens with one attached hydrogen (secondary N) is 1. The van der Waals surface area contributed by atoms with E-state index in [0.717, 1.165) is 50.6 Å². The molecule has 2 aromatic rings. The molecule has 2 saturated heterocycles. The van der Waals surface area contributed by atoms with Crippen molar-refractivity contribution >= 4 is 11.6 Å². The highest BCUT2D eigenvalue weighted by molar-refractivity contribution is 5.36. The molecular formula is C16H20N6O. The van der Waals surface area contributed by atoms with Crippen LogP contribution in [0.15, 0.2) is 37.2 Å². The lowest BCUT2D eigenvalue weighted by Crippen LogP contribution is -2.44. The van der Waals surface area contributed by atoms with Crippen molar-refractivity contribution in [1.82, 2.24) is 19.9 Å². The Hall–Kier alpha value is -2.28. The summed E-state index contributed by atoms with van der Waals surface area (Å²) in [5.41, 5.74) is -0.0153. The van der Waals surface area contributed by atoms with E-state index in [1.165, 1.54) is 0 Å². The molecule has 7 heteroatoms. The Morgan fingerprint density at radius 3 is 2.52 bits per heavy atom. The van der Waals surface area contributed by atoms with Crippen LogP contribution < -0.4 is 10.2 Å². The topological polar surface area (TPSA) is 76.1 Å². The van der Waals surface area contributed by atoms with Crippen molar-refractivity contribution in [2.75, 3.05) is 29.9 Å². The average molecular weight is 312 g/mol. The van der Waals surface area contributed by atoms with Crippen molar-refractivity contribution in [2.45, 2.75) is 30.9 Å². The third-order valence-electron chi connectivity index (χ3n) is 4.67. The maximum atomic E-state index is 6.18. The van der Waals surface area contributed by atoms with Crippen LogP contribution in [-0.2, 0) is 4.74 Å². The summed E-state index contributed by atoms with van der Waals surface area (Å²) >= 11 is 0. The van der Waals surface area contributed by atoms with Crippen LogP contribution in [0.1, 0.15) is 19.3 Å². The molecular weight excluding hydrogens is 292 g/mol. The Kier molecular flexibility index (Phi) is 3.78. The maximum Gasteiger partial charge on any atom is 0.147 e. The lowest BCUT2D eigenvalue weighted by atomic mass is 9.87. The minimum atomic E-state index is -0.0153. The van der Waals surface area contributed by atoms with Gasteiger partial charge < -0.3 is 15.0 Å². The summed E-state index contributed by atoms with van der Waals surface area (Å²) in [5, 5.41) is 3.42. The van der Waals surface area contributed by atoms with Gasteiger partial charge in [0.25, 0.3) is 0 Å². The normalized spacial score (nSPS) is 23.1. The van der Waals surface area contributed by atoms with Gasteiger partial charge in [-0.05, 0) is 19.3 Å². The van der Waals surface area contributed by atoms with Crippen LogP contribution in [0.25, 0.3) is 0 Å². The van der Waals surface area contributed by atoms with Gasteiger partial charge in [-0.3, -0.25) is 9.97 Å². The number of piperidine rings is 1. The van der Waals surface area contributed by atoms with Crippen LogP contribution >= 0.6 is 0 Å². The first-order valence-corrected chi connectivity index (χ1v) is 8.01. The zero-order valence-electron chi connectivity index (χ0n) is 12.9. The van der Waals surface area contributed by atoms with Crippen molar-refractivity contribution in [3.63, 3.8) is 0 Å². The smallest absolute Gasteiger partial charge is 0.147 e. The predicted octanol–water partition coefficient (Wildman–Crippen LogP) is 1.51. The number of nitrogens with zero attached hydrogens (tertiary/aromatic N) is 5. The van der Waals surface area contributed by atoms with Gasteiger partial charge in [0.2, 0.25) is 0 Å². The number of rotatable bonds is 3. The molecule has 0 aliphatic carbocycles. The molecule has 2 aromatic heterocycles. The summed E-state index contributed by atoms with van der Waals surface area (Å²) in [6.07, 6.45) is 13.5. The van der Waals surface area contributed by atoms with Gasteiger partial charge in [0.15, 0.2) is 0 Å². The third kappa shape index (κ3) is 3.10. The van der Waals surface area contributed by atoms with Gasteiger partial charge >= 0.3 is 0 Å². The Balaban J connectivity index is 1.35. The quantitative estimate of drug-likeness (QED) is 0.920. The molecule has 7 nitrogen and oxygen atoms in total. The van der Waals surface area contributed by atoms with Crippen LogP contribution in [0.5, 0.6) is 0 Å². The van der Waals surface area contributed by atoms with Gasteiger partial charge in [-0.1, -0.05) is 0 Å². The number of ether oxygens (including phenoxy) is 1. The summed E-state index contributed by atoms with van der Waals surface area (Å²) in [4.78, 5) is 19.2. The minimum Gasteiger partial charge on any atom is -0.373 e. The Labute approximate surface area is 135 Å². The fourth-order valence-electron chi connectivity index (χ4n) is 3.47. The second-order valence-electron chi connectivity index (χ2n) is 6.18. The molecule has 1 atom stereocenters. The summed E-state index contributed by atoms with van der Waals surface area (Å²) in [6, 6.07) is 0.301. The van der Waals surface area contributed by atoms with Crippen molar-refractivity contribution in [2.24, 2.45) is 0 Å². The second kappa shape index (κ2) is 6.08. The van der Waals surface area contributed by atoms with Crippen LogP contribution in [-0.4, -0.2) is 51.3 Å². The molecule has 4 heterocycles. The first-order valence-electron chi connectivity index (χ1n) is 8.01. The number of hydrogen-bond acceptors (Lipinski definition) is 7. The van der Waals surface area contributed by atoms with Gasteiger partial charge in [0.05, 0.1) is 30.6 Å². The fourth-order valence-corrected chi connectivity index (χ4v) is 3.47. The van der Waals surface area contributed by atoms with Crippen molar-refractivity contribution in [1.29, 1.82) is 0 Å². The highest BCUT2D eigenvalue weighted by atomic mass is 16.5. The lowest BCUT2D eigenvalue weighted by Gasteiger charge is -2.39. The monoisotopic (exact) mass is 312 g/mol. The Morgan fingerprint density at radius 2 is 1.83 bits per heavy atom. The Morgan fingerprint density at radius 1 is 1.04 bits per heavy atom. The van der Waals surface area contributed by atoms with E-state index in [0.29, 0.717) is 6.04 Å². The first kappa shape index (κ1) is 14.3. The largest absolute Gasteiger partial charge is 0.373 e. The molecule has 4 rings (SSSR count). The number of hydrogen-bond donors (Lipinski definition) is 1.